The first kappa shape index (κ1) is 7.31. The van der Waals surface area contributed by atoms with Crippen molar-refractivity contribution in [1.29, 1.82) is 0 Å². The Kier molecular flexibility index (Phi) is 1.41. The van der Waals surface area contributed by atoms with Crippen molar-refractivity contribution >= 4 is 11.2 Å². The highest BCUT2D eigenvalue weighted by Crippen LogP contribution is 2.21. The van der Waals surface area contributed by atoms with Crippen LogP contribution in [0.1, 0.15) is 12.1 Å². The molecule has 0 saturated carbocycles. The molecule has 6 nitrogen and oxygen atoms in total. The Bertz CT molecular complexity index is 485. The SMILES string of the molecule is C1=COC(c2ncc3[nH]cnc3n2)O1. The van der Waals surface area contributed by atoms with Crippen LogP contribution in [-0.4, -0.2) is 19.9 Å². The highest BCUT2D eigenvalue weighted by molar-refractivity contribution is 5.68. The number of aromatic nitrogens is 4. The zero-order valence-corrected chi connectivity index (χ0v) is 7.04. The van der Waals surface area contributed by atoms with E-state index < -0.39 is 6.29 Å². The van der Waals surface area contributed by atoms with E-state index in [9.17, 15) is 0 Å². The van der Waals surface area contributed by atoms with Gasteiger partial charge in [0.15, 0.2) is 5.65 Å². The van der Waals surface area contributed by atoms with Crippen LogP contribution in [0.25, 0.3) is 11.2 Å². The topological polar surface area (TPSA) is 72.9 Å². The van der Waals surface area contributed by atoms with Crippen molar-refractivity contribution in [3.63, 3.8) is 0 Å². The minimum atomic E-state index is -0.545. The molecule has 3 heterocycles. The van der Waals surface area contributed by atoms with Crippen LogP contribution < -0.4 is 0 Å². The fourth-order valence-corrected chi connectivity index (χ4v) is 1.22. The average molecular weight is 190 g/mol. The van der Waals surface area contributed by atoms with Gasteiger partial charge in [-0.1, -0.05) is 0 Å². The molecule has 0 atom stereocenters. The standard InChI is InChI=1S/C8H6N4O2/c1-2-14-8(13-1)7-9-3-5-6(12-7)11-4-10-5/h1-4,8H,(H,9,10,11,12). The summed E-state index contributed by atoms with van der Waals surface area (Å²) in [7, 11) is 0. The van der Waals surface area contributed by atoms with E-state index in [0.717, 1.165) is 5.52 Å². The van der Waals surface area contributed by atoms with E-state index >= 15 is 0 Å². The highest BCUT2D eigenvalue weighted by atomic mass is 16.7. The molecule has 2 aromatic rings. The first-order chi connectivity index (χ1) is 6.93. The monoisotopic (exact) mass is 190 g/mol. The lowest BCUT2D eigenvalue weighted by atomic mass is 10.5. The number of aromatic amines is 1. The number of rotatable bonds is 1. The van der Waals surface area contributed by atoms with E-state index in [4.69, 9.17) is 9.47 Å². The summed E-state index contributed by atoms with van der Waals surface area (Å²) in [4.78, 5) is 15.2. The van der Waals surface area contributed by atoms with Gasteiger partial charge >= 0.3 is 6.29 Å². The van der Waals surface area contributed by atoms with Gasteiger partial charge in [-0.25, -0.2) is 15.0 Å². The molecule has 1 aliphatic rings. The third-order valence-corrected chi connectivity index (χ3v) is 1.86. The van der Waals surface area contributed by atoms with E-state index in [-0.39, 0.29) is 0 Å². The minimum Gasteiger partial charge on any atom is -0.452 e. The number of ether oxygens (including phenoxy) is 2. The molecule has 0 bridgehead atoms. The Hall–Kier alpha value is -2.11. The summed E-state index contributed by atoms with van der Waals surface area (Å²) in [5, 5.41) is 0. The molecule has 0 spiro atoms. The Morgan fingerprint density at radius 2 is 2.07 bits per heavy atom. The van der Waals surface area contributed by atoms with Gasteiger partial charge < -0.3 is 14.5 Å². The van der Waals surface area contributed by atoms with Crippen molar-refractivity contribution < 1.29 is 9.47 Å². The van der Waals surface area contributed by atoms with Crippen LogP contribution in [0, 0.1) is 0 Å². The van der Waals surface area contributed by atoms with Gasteiger partial charge in [0.1, 0.15) is 18.0 Å². The van der Waals surface area contributed by atoms with Crippen molar-refractivity contribution in [2.24, 2.45) is 0 Å². The van der Waals surface area contributed by atoms with Gasteiger partial charge in [-0.05, 0) is 0 Å². The van der Waals surface area contributed by atoms with Crippen LogP contribution in [0.4, 0.5) is 0 Å². The van der Waals surface area contributed by atoms with Gasteiger partial charge in [-0.15, -0.1) is 0 Å². The highest BCUT2D eigenvalue weighted by Gasteiger charge is 2.19. The quantitative estimate of drug-likeness (QED) is 0.722. The number of hydrogen-bond acceptors (Lipinski definition) is 5. The summed E-state index contributed by atoms with van der Waals surface area (Å²) >= 11 is 0. The zero-order chi connectivity index (χ0) is 9.38. The Morgan fingerprint density at radius 1 is 1.21 bits per heavy atom. The molecule has 6 heteroatoms. The predicted octanol–water partition coefficient (Wildman–Crippen LogP) is 0.869. The van der Waals surface area contributed by atoms with Crippen LogP contribution >= 0.6 is 0 Å². The molecular weight excluding hydrogens is 184 g/mol. The second-order valence-corrected chi connectivity index (χ2v) is 2.74. The number of nitrogens with zero attached hydrogens (tertiary/aromatic N) is 3. The van der Waals surface area contributed by atoms with Gasteiger partial charge in [0.05, 0.1) is 12.5 Å². The van der Waals surface area contributed by atoms with Crippen molar-refractivity contribution in [3.05, 3.63) is 30.9 Å². The number of imidazole rings is 1. The molecule has 70 valence electrons. The molecule has 0 amide bonds. The lowest BCUT2D eigenvalue weighted by molar-refractivity contribution is -0.0313. The molecule has 1 aliphatic heterocycles. The first-order valence-corrected chi connectivity index (χ1v) is 4.05. The molecule has 0 fully saturated rings. The molecule has 3 rings (SSSR count). The third kappa shape index (κ3) is 1.00. The Labute approximate surface area is 78.6 Å². The van der Waals surface area contributed by atoms with Crippen LogP contribution in [0.15, 0.2) is 25.0 Å². The molecular formula is C8H6N4O2. The number of fused-ring (bicyclic) bond motifs is 1. The van der Waals surface area contributed by atoms with Gasteiger partial charge in [0.25, 0.3) is 0 Å². The fraction of sp³-hybridized carbons (Fsp3) is 0.125. The average Bonchev–Trinajstić information content (AvgIpc) is 2.88. The summed E-state index contributed by atoms with van der Waals surface area (Å²) < 4.78 is 10.2. The van der Waals surface area contributed by atoms with Gasteiger partial charge in [-0.2, -0.15) is 0 Å². The summed E-state index contributed by atoms with van der Waals surface area (Å²) in [5.41, 5.74) is 1.40. The Morgan fingerprint density at radius 3 is 2.93 bits per heavy atom. The van der Waals surface area contributed by atoms with Crippen LogP contribution in [-0.2, 0) is 9.47 Å². The Balaban J connectivity index is 2.04. The van der Waals surface area contributed by atoms with Crippen molar-refractivity contribution in [3.8, 4) is 0 Å². The molecule has 0 aromatic carbocycles. The maximum absolute atomic E-state index is 5.10. The molecule has 2 aromatic heterocycles. The summed E-state index contributed by atoms with van der Waals surface area (Å²) in [5.74, 6) is 0.467. The lowest BCUT2D eigenvalue weighted by Crippen LogP contribution is -2.03. The second kappa shape index (κ2) is 2.69. The van der Waals surface area contributed by atoms with E-state index in [0.29, 0.717) is 11.5 Å². The van der Waals surface area contributed by atoms with Crippen molar-refractivity contribution in [2.45, 2.75) is 6.29 Å². The van der Waals surface area contributed by atoms with Gasteiger partial charge in [0, 0.05) is 0 Å². The van der Waals surface area contributed by atoms with E-state index in [1.54, 1.807) is 12.5 Å². The van der Waals surface area contributed by atoms with E-state index in [1.165, 1.54) is 12.5 Å². The van der Waals surface area contributed by atoms with Crippen LogP contribution in [0.2, 0.25) is 0 Å². The van der Waals surface area contributed by atoms with Crippen molar-refractivity contribution in [2.75, 3.05) is 0 Å². The molecule has 0 radical (unpaired) electrons. The van der Waals surface area contributed by atoms with E-state index in [2.05, 4.69) is 19.9 Å². The molecule has 0 unspecified atom stereocenters. The third-order valence-electron chi connectivity index (χ3n) is 1.86. The number of hydrogen-bond donors (Lipinski definition) is 1. The smallest absolute Gasteiger partial charge is 0.301 e. The predicted molar refractivity (Wildman–Crippen MR) is 45.7 cm³/mol. The lowest BCUT2D eigenvalue weighted by Gasteiger charge is -2.07. The van der Waals surface area contributed by atoms with Crippen LogP contribution in [0.5, 0.6) is 0 Å². The molecule has 0 saturated heterocycles. The minimum absolute atomic E-state index is 0.467. The first-order valence-electron chi connectivity index (χ1n) is 4.05. The number of H-pyrrole nitrogens is 1. The zero-order valence-electron chi connectivity index (χ0n) is 7.04. The second-order valence-electron chi connectivity index (χ2n) is 2.74. The number of nitrogens with one attached hydrogen (secondary N) is 1. The maximum atomic E-state index is 5.10. The van der Waals surface area contributed by atoms with Crippen molar-refractivity contribution in [1.82, 2.24) is 19.9 Å². The molecule has 1 N–H and O–H groups in total. The van der Waals surface area contributed by atoms with E-state index in [1.807, 2.05) is 0 Å². The largest absolute Gasteiger partial charge is 0.452 e. The van der Waals surface area contributed by atoms with Crippen LogP contribution in [0.3, 0.4) is 0 Å². The summed E-state index contributed by atoms with van der Waals surface area (Å²) in [6.45, 7) is 0. The van der Waals surface area contributed by atoms with Gasteiger partial charge in [-0.3, -0.25) is 0 Å². The fourth-order valence-electron chi connectivity index (χ4n) is 1.22. The van der Waals surface area contributed by atoms with Gasteiger partial charge in [0.2, 0.25) is 5.82 Å². The summed E-state index contributed by atoms with van der Waals surface area (Å²) in [6.07, 6.45) is 5.59. The normalized spacial score (nSPS) is 15.7. The summed E-state index contributed by atoms with van der Waals surface area (Å²) in [6, 6.07) is 0. The molecule has 0 aliphatic carbocycles. The molecule has 14 heavy (non-hydrogen) atoms. The maximum Gasteiger partial charge on any atom is 0.301 e.